The Morgan fingerprint density at radius 1 is 1.33 bits per heavy atom. The number of rotatable bonds is 4. The van der Waals surface area contributed by atoms with Crippen molar-refractivity contribution in [3.63, 3.8) is 0 Å². The molecule has 2 nitrogen and oxygen atoms in total. The first-order valence-electron chi connectivity index (χ1n) is 5.51. The molecule has 0 aliphatic heterocycles. The Labute approximate surface area is 91.5 Å². The molecule has 0 radical (unpaired) electrons. The molecule has 0 saturated carbocycles. The molecule has 0 saturated heterocycles. The van der Waals surface area contributed by atoms with Crippen molar-refractivity contribution in [1.82, 2.24) is 0 Å². The van der Waals surface area contributed by atoms with Crippen LogP contribution in [0.3, 0.4) is 0 Å². The van der Waals surface area contributed by atoms with Crippen LogP contribution in [0, 0.1) is 12.8 Å². The second kappa shape index (κ2) is 4.96. The summed E-state index contributed by atoms with van der Waals surface area (Å²) < 4.78 is 0. The van der Waals surface area contributed by atoms with Gasteiger partial charge >= 0.3 is 0 Å². The first-order valence-corrected chi connectivity index (χ1v) is 5.51. The standard InChI is InChI=1S/C13H19NO/c1-4-10(5-2)13(15)11-7-6-8-12(14)9(11)3/h6-8,10H,4-5,14H2,1-3H3. The van der Waals surface area contributed by atoms with E-state index in [0.29, 0.717) is 5.69 Å². The minimum atomic E-state index is 0.130. The number of nitrogens with two attached hydrogens (primary N) is 1. The monoisotopic (exact) mass is 205 g/mol. The Morgan fingerprint density at radius 2 is 1.93 bits per heavy atom. The lowest BCUT2D eigenvalue weighted by Crippen LogP contribution is -2.14. The molecule has 2 N–H and O–H groups in total. The van der Waals surface area contributed by atoms with Crippen LogP contribution in [0.15, 0.2) is 18.2 Å². The number of benzene rings is 1. The van der Waals surface area contributed by atoms with Crippen molar-refractivity contribution in [2.75, 3.05) is 5.73 Å². The van der Waals surface area contributed by atoms with E-state index in [9.17, 15) is 4.79 Å². The molecule has 1 rings (SSSR count). The van der Waals surface area contributed by atoms with Crippen molar-refractivity contribution in [1.29, 1.82) is 0 Å². The van der Waals surface area contributed by atoms with Crippen LogP contribution in [0.5, 0.6) is 0 Å². The predicted molar refractivity (Wildman–Crippen MR) is 64.0 cm³/mol. The summed E-state index contributed by atoms with van der Waals surface area (Å²) in [5.41, 5.74) is 8.18. The Balaban J connectivity index is 3.05. The Bertz CT molecular complexity index is 354. The van der Waals surface area contributed by atoms with E-state index in [4.69, 9.17) is 5.73 Å². The molecule has 0 spiro atoms. The predicted octanol–water partition coefficient (Wildman–Crippen LogP) is 3.20. The van der Waals surface area contributed by atoms with E-state index in [2.05, 4.69) is 0 Å². The maximum atomic E-state index is 12.1. The lowest BCUT2D eigenvalue weighted by molar-refractivity contribution is 0.0913. The number of anilines is 1. The van der Waals surface area contributed by atoms with Crippen LogP contribution < -0.4 is 5.73 Å². The molecule has 0 fully saturated rings. The normalized spacial score (nSPS) is 10.7. The molecule has 2 heteroatoms. The number of hydrogen-bond donors (Lipinski definition) is 1. The minimum Gasteiger partial charge on any atom is -0.398 e. The van der Waals surface area contributed by atoms with E-state index in [1.165, 1.54) is 0 Å². The van der Waals surface area contributed by atoms with Gasteiger partial charge in [-0.3, -0.25) is 4.79 Å². The van der Waals surface area contributed by atoms with Crippen LogP contribution in [0.1, 0.15) is 42.6 Å². The molecule has 0 amide bonds. The van der Waals surface area contributed by atoms with Gasteiger partial charge in [0.25, 0.3) is 0 Å². The summed E-state index contributed by atoms with van der Waals surface area (Å²) in [5.74, 6) is 0.357. The number of ketones is 1. The number of nitrogen functional groups attached to an aromatic ring is 1. The molecule has 0 bridgehead atoms. The van der Waals surface area contributed by atoms with Gasteiger partial charge in [0.05, 0.1) is 0 Å². The molecule has 1 aromatic carbocycles. The average Bonchev–Trinajstić information content (AvgIpc) is 2.23. The highest BCUT2D eigenvalue weighted by molar-refractivity contribution is 6.00. The third-order valence-corrected chi connectivity index (χ3v) is 3.00. The lowest BCUT2D eigenvalue weighted by Gasteiger charge is -2.13. The number of carbonyl (C=O) groups excluding carboxylic acids is 1. The molecule has 0 aliphatic carbocycles. The van der Waals surface area contributed by atoms with Crippen molar-refractivity contribution < 1.29 is 4.79 Å². The molecule has 0 atom stereocenters. The molecule has 0 heterocycles. The lowest BCUT2D eigenvalue weighted by atomic mass is 9.90. The highest BCUT2D eigenvalue weighted by Gasteiger charge is 2.18. The maximum Gasteiger partial charge on any atom is 0.166 e. The van der Waals surface area contributed by atoms with Gasteiger partial charge in [0.1, 0.15) is 0 Å². The van der Waals surface area contributed by atoms with Crippen molar-refractivity contribution in [3.8, 4) is 0 Å². The van der Waals surface area contributed by atoms with E-state index in [1.807, 2.05) is 39.0 Å². The second-order valence-corrected chi connectivity index (χ2v) is 3.90. The van der Waals surface area contributed by atoms with Crippen molar-refractivity contribution in [2.24, 2.45) is 5.92 Å². The van der Waals surface area contributed by atoms with Crippen LogP contribution >= 0.6 is 0 Å². The Morgan fingerprint density at radius 3 is 2.47 bits per heavy atom. The fourth-order valence-electron chi connectivity index (χ4n) is 1.80. The smallest absolute Gasteiger partial charge is 0.166 e. The summed E-state index contributed by atoms with van der Waals surface area (Å²) >= 11 is 0. The molecule has 1 aromatic rings. The third kappa shape index (κ3) is 2.38. The molecule has 15 heavy (non-hydrogen) atoms. The van der Waals surface area contributed by atoms with Crippen LogP contribution in [-0.2, 0) is 0 Å². The van der Waals surface area contributed by atoms with Gasteiger partial charge in [0, 0.05) is 17.2 Å². The molecular formula is C13H19NO. The van der Waals surface area contributed by atoms with Crippen LogP contribution in [-0.4, -0.2) is 5.78 Å². The fourth-order valence-corrected chi connectivity index (χ4v) is 1.80. The van der Waals surface area contributed by atoms with E-state index in [1.54, 1.807) is 0 Å². The number of hydrogen-bond acceptors (Lipinski definition) is 2. The molecular weight excluding hydrogens is 186 g/mol. The van der Waals surface area contributed by atoms with E-state index >= 15 is 0 Å². The van der Waals surface area contributed by atoms with Gasteiger partial charge in [-0.25, -0.2) is 0 Å². The highest BCUT2D eigenvalue weighted by atomic mass is 16.1. The summed E-state index contributed by atoms with van der Waals surface area (Å²) in [4.78, 5) is 12.1. The largest absolute Gasteiger partial charge is 0.398 e. The first kappa shape index (κ1) is 11.8. The zero-order valence-electron chi connectivity index (χ0n) is 9.71. The average molecular weight is 205 g/mol. The van der Waals surface area contributed by atoms with Crippen LogP contribution in [0.4, 0.5) is 5.69 Å². The number of carbonyl (C=O) groups is 1. The third-order valence-electron chi connectivity index (χ3n) is 3.00. The topological polar surface area (TPSA) is 43.1 Å². The summed E-state index contributed by atoms with van der Waals surface area (Å²) in [6.07, 6.45) is 1.78. The molecule has 0 aromatic heterocycles. The van der Waals surface area contributed by atoms with Gasteiger partial charge in [-0.2, -0.15) is 0 Å². The van der Waals surface area contributed by atoms with Gasteiger partial charge in [0.15, 0.2) is 5.78 Å². The van der Waals surface area contributed by atoms with E-state index in [-0.39, 0.29) is 11.7 Å². The second-order valence-electron chi connectivity index (χ2n) is 3.90. The van der Waals surface area contributed by atoms with Gasteiger partial charge in [-0.05, 0) is 31.4 Å². The molecule has 0 aliphatic rings. The quantitative estimate of drug-likeness (QED) is 0.606. The van der Waals surface area contributed by atoms with Gasteiger partial charge < -0.3 is 5.73 Å². The summed E-state index contributed by atoms with van der Waals surface area (Å²) in [6.45, 7) is 6.01. The zero-order valence-corrected chi connectivity index (χ0v) is 9.71. The molecule has 82 valence electrons. The highest BCUT2D eigenvalue weighted by Crippen LogP contribution is 2.21. The van der Waals surface area contributed by atoms with Crippen LogP contribution in [0.25, 0.3) is 0 Å². The van der Waals surface area contributed by atoms with Crippen molar-refractivity contribution in [2.45, 2.75) is 33.6 Å². The van der Waals surface area contributed by atoms with Gasteiger partial charge in [0.2, 0.25) is 0 Å². The number of Topliss-reactive ketones (excluding diaryl/α,β-unsaturated/α-hetero) is 1. The van der Waals surface area contributed by atoms with E-state index < -0.39 is 0 Å². The minimum absolute atomic E-state index is 0.130. The zero-order chi connectivity index (χ0) is 11.4. The van der Waals surface area contributed by atoms with Crippen molar-refractivity contribution >= 4 is 11.5 Å². The van der Waals surface area contributed by atoms with Gasteiger partial charge in [-0.15, -0.1) is 0 Å². The summed E-state index contributed by atoms with van der Waals surface area (Å²) in [5, 5.41) is 0. The fraction of sp³-hybridized carbons (Fsp3) is 0.462. The Hall–Kier alpha value is -1.31. The summed E-state index contributed by atoms with van der Waals surface area (Å²) in [6, 6.07) is 5.54. The SMILES string of the molecule is CCC(CC)C(=O)c1cccc(N)c1C. The summed E-state index contributed by atoms with van der Waals surface area (Å²) in [7, 11) is 0. The van der Waals surface area contributed by atoms with Gasteiger partial charge in [-0.1, -0.05) is 26.0 Å². The maximum absolute atomic E-state index is 12.1. The van der Waals surface area contributed by atoms with E-state index in [0.717, 1.165) is 24.0 Å². The van der Waals surface area contributed by atoms with Crippen LogP contribution in [0.2, 0.25) is 0 Å². The first-order chi connectivity index (χ1) is 7.11. The van der Waals surface area contributed by atoms with Crippen molar-refractivity contribution in [3.05, 3.63) is 29.3 Å². The molecule has 0 unspecified atom stereocenters. The Kier molecular flexibility index (Phi) is 3.89.